The minimum absolute atomic E-state index is 0.0624. The van der Waals surface area contributed by atoms with Crippen molar-refractivity contribution in [2.24, 2.45) is 0 Å². The number of nitrogen functional groups attached to an aromatic ring is 1. The van der Waals surface area contributed by atoms with Crippen LogP contribution < -0.4 is 11.1 Å². The average Bonchev–Trinajstić information content (AvgIpc) is 3.48. The maximum Gasteiger partial charge on any atom is 0.164 e. The molecule has 0 radical (unpaired) electrons. The SMILES string of the molecule is Cc1ncnc2c1ccn2C1OC2(CNC(c3ccc4cc(Br)c(N)nc4c3)C2)C(O)C1O. The lowest BCUT2D eigenvalue weighted by molar-refractivity contribution is -0.0912. The Bertz CT molecular complexity index is 1390. The van der Waals surface area contributed by atoms with Gasteiger partial charge in [0.2, 0.25) is 0 Å². The Hall–Kier alpha value is -2.63. The van der Waals surface area contributed by atoms with Crippen LogP contribution in [0.1, 0.15) is 29.9 Å². The van der Waals surface area contributed by atoms with Crippen molar-refractivity contribution in [1.29, 1.82) is 0 Å². The third-order valence-corrected chi connectivity index (χ3v) is 7.55. The van der Waals surface area contributed by atoms with E-state index in [-0.39, 0.29) is 6.04 Å². The minimum Gasteiger partial charge on any atom is -0.387 e. The van der Waals surface area contributed by atoms with Gasteiger partial charge in [0.15, 0.2) is 6.23 Å². The van der Waals surface area contributed by atoms with Gasteiger partial charge in [-0.05, 0) is 53.0 Å². The predicted octanol–water partition coefficient (Wildman–Crippen LogP) is 2.36. The lowest BCUT2D eigenvalue weighted by Crippen LogP contribution is -2.44. The molecule has 2 fully saturated rings. The summed E-state index contributed by atoms with van der Waals surface area (Å²) in [6.07, 6.45) is 0.934. The highest BCUT2D eigenvalue weighted by Crippen LogP contribution is 2.46. The highest BCUT2D eigenvalue weighted by molar-refractivity contribution is 9.10. The molecule has 2 aliphatic heterocycles. The van der Waals surface area contributed by atoms with Gasteiger partial charge in [-0.25, -0.2) is 15.0 Å². The van der Waals surface area contributed by atoms with Crippen LogP contribution in [0.4, 0.5) is 5.82 Å². The summed E-state index contributed by atoms with van der Waals surface area (Å²) >= 11 is 3.42. The quantitative estimate of drug-likeness (QED) is 0.323. The van der Waals surface area contributed by atoms with E-state index < -0.39 is 24.0 Å². The summed E-state index contributed by atoms with van der Waals surface area (Å²) in [5.74, 6) is 0.439. The molecule has 2 aliphatic rings. The second kappa shape index (κ2) is 7.44. The highest BCUT2D eigenvalue weighted by atomic mass is 79.9. The first-order valence-electron chi connectivity index (χ1n) is 10.8. The Morgan fingerprint density at radius 1 is 1.24 bits per heavy atom. The molecule has 5 unspecified atom stereocenters. The van der Waals surface area contributed by atoms with Crippen LogP contribution in [0.25, 0.3) is 21.9 Å². The molecule has 2 saturated heterocycles. The van der Waals surface area contributed by atoms with E-state index in [4.69, 9.17) is 10.5 Å². The first kappa shape index (κ1) is 20.9. The fraction of sp³-hybridized carbons (Fsp3) is 0.348. The van der Waals surface area contributed by atoms with Crippen LogP contribution in [0.15, 0.2) is 47.3 Å². The summed E-state index contributed by atoms with van der Waals surface area (Å²) in [5.41, 5.74) is 8.38. The second-order valence-electron chi connectivity index (χ2n) is 8.87. The lowest BCUT2D eigenvalue weighted by Gasteiger charge is -2.26. The van der Waals surface area contributed by atoms with Crippen molar-refractivity contribution in [3.8, 4) is 0 Å². The average molecular weight is 511 g/mol. The van der Waals surface area contributed by atoms with E-state index >= 15 is 0 Å². The minimum atomic E-state index is -1.09. The molecular weight excluding hydrogens is 488 g/mol. The molecule has 0 aliphatic carbocycles. The number of anilines is 1. The molecule has 0 bridgehead atoms. The van der Waals surface area contributed by atoms with Crippen molar-refractivity contribution in [3.05, 3.63) is 58.6 Å². The number of rotatable bonds is 2. The number of benzene rings is 1. The fourth-order valence-electron chi connectivity index (χ4n) is 5.10. The van der Waals surface area contributed by atoms with E-state index in [1.165, 1.54) is 6.33 Å². The molecule has 6 rings (SSSR count). The van der Waals surface area contributed by atoms with Gasteiger partial charge in [-0.2, -0.15) is 0 Å². The largest absolute Gasteiger partial charge is 0.387 e. The summed E-state index contributed by atoms with van der Waals surface area (Å²) in [6, 6.07) is 9.84. The molecule has 10 heteroatoms. The van der Waals surface area contributed by atoms with E-state index in [9.17, 15) is 10.2 Å². The van der Waals surface area contributed by atoms with Crippen molar-refractivity contribution >= 4 is 43.7 Å². The summed E-state index contributed by atoms with van der Waals surface area (Å²) in [5, 5.41) is 27.3. The predicted molar refractivity (Wildman–Crippen MR) is 126 cm³/mol. The van der Waals surface area contributed by atoms with Crippen LogP contribution >= 0.6 is 15.9 Å². The van der Waals surface area contributed by atoms with Gasteiger partial charge in [0.05, 0.1) is 15.7 Å². The summed E-state index contributed by atoms with van der Waals surface area (Å²) < 4.78 is 8.94. The number of aryl methyl sites for hydroxylation is 1. The van der Waals surface area contributed by atoms with E-state index in [1.54, 1.807) is 4.57 Å². The number of ether oxygens (including phenoxy) is 1. The Balaban J connectivity index is 1.30. The van der Waals surface area contributed by atoms with Gasteiger partial charge in [0.25, 0.3) is 0 Å². The number of fused-ring (bicyclic) bond motifs is 2. The molecule has 3 aromatic heterocycles. The van der Waals surface area contributed by atoms with Gasteiger partial charge >= 0.3 is 0 Å². The standard InChI is InChI=1S/C23H23BrN6O3/c1-11-14-4-5-30(21(14)28-10-27-11)22-18(31)19(32)23(33-22)8-17(26-9-23)13-3-2-12-6-15(24)20(25)29-16(12)7-13/h2-7,10,17-19,22,26,31-32H,8-9H2,1H3,(H2,25,29). The summed E-state index contributed by atoms with van der Waals surface area (Å²) in [4.78, 5) is 13.1. The molecule has 1 spiro atoms. The Kier molecular flexibility index (Phi) is 4.72. The first-order chi connectivity index (χ1) is 15.9. The van der Waals surface area contributed by atoms with E-state index in [1.807, 2.05) is 43.5 Å². The number of nitrogens with two attached hydrogens (primary N) is 1. The van der Waals surface area contributed by atoms with Crippen LogP contribution in [0.2, 0.25) is 0 Å². The van der Waals surface area contributed by atoms with Crippen LogP contribution in [0, 0.1) is 6.92 Å². The monoisotopic (exact) mass is 510 g/mol. The zero-order chi connectivity index (χ0) is 22.9. The number of nitrogens with zero attached hydrogens (tertiary/aromatic N) is 4. The molecule has 5 heterocycles. The summed E-state index contributed by atoms with van der Waals surface area (Å²) in [6.45, 7) is 2.32. The van der Waals surface area contributed by atoms with Crippen molar-refractivity contribution < 1.29 is 14.9 Å². The van der Waals surface area contributed by atoms with Crippen molar-refractivity contribution in [1.82, 2.24) is 24.8 Å². The second-order valence-corrected chi connectivity index (χ2v) is 9.73. The Labute approximate surface area is 197 Å². The van der Waals surface area contributed by atoms with E-state index in [2.05, 4.69) is 36.2 Å². The van der Waals surface area contributed by atoms with Crippen molar-refractivity contribution in [2.45, 2.75) is 43.4 Å². The molecule has 1 aromatic carbocycles. The normalized spacial score (nSPS) is 29.6. The highest BCUT2D eigenvalue weighted by Gasteiger charge is 2.58. The number of aliphatic hydroxyl groups excluding tert-OH is 2. The molecule has 5 N–H and O–H groups in total. The molecular formula is C23H23BrN6O3. The fourth-order valence-corrected chi connectivity index (χ4v) is 5.43. The molecule has 170 valence electrons. The zero-order valence-corrected chi connectivity index (χ0v) is 19.4. The van der Waals surface area contributed by atoms with E-state index in [0.29, 0.717) is 24.4 Å². The molecule has 0 saturated carbocycles. The molecule has 4 aromatic rings. The number of nitrogens with one attached hydrogen (secondary N) is 1. The molecule has 33 heavy (non-hydrogen) atoms. The maximum absolute atomic E-state index is 11.1. The number of hydrogen-bond acceptors (Lipinski definition) is 8. The van der Waals surface area contributed by atoms with Gasteiger partial charge in [0, 0.05) is 29.6 Å². The van der Waals surface area contributed by atoms with Crippen LogP contribution in [0.3, 0.4) is 0 Å². The van der Waals surface area contributed by atoms with E-state index in [0.717, 1.165) is 32.0 Å². The van der Waals surface area contributed by atoms with Crippen molar-refractivity contribution in [2.75, 3.05) is 12.3 Å². The van der Waals surface area contributed by atoms with Gasteiger partial charge in [-0.3, -0.25) is 0 Å². The Morgan fingerprint density at radius 3 is 2.94 bits per heavy atom. The molecule has 0 amide bonds. The van der Waals surface area contributed by atoms with Gasteiger partial charge in [0.1, 0.15) is 35.6 Å². The van der Waals surface area contributed by atoms with Gasteiger partial charge < -0.3 is 30.6 Å². The summed E-state index contributed by atoms with van der Waals surface area (Å²) in [7, 11) is 0. The third kappa shape index (κ3) is 3.17. The maximum atomic E-state index is 11.1. The topological polar surface area (TPSA) is 131 Å². The molecule has 9 nitrogen and oxygen atoms in total. The number of halogens is 1. The number of aromatic nitrogens is 4. The zero-order valence-electron chi connectivity index (χ0n) is 17.8. The van der Waals surface area contributed by atoms with Crippen LogP contribution in [-0.4, -0.2) is 54.1 Å². The van der Waals surface area contributed by atoms with Gasteiger partial charge in [-0.15, -0.1) is 0 Å². The number of aliphatic hydroxyl groups is 2. The number of hydrogen-bond donors (Lipinski definition) is 4. The Morgan fingerprint density at radius 2 is 2.09 bits per heavy atom. The first-order valence-corrected chi connectivity index (χ1v) is 11.6. The smallest absolute Gasteiger partial charge is 0.164 e. The molecule has 5 atom stereocenters. The van der Waals surface area contributed by atoms with Crippen molar-refractivity contribution in [3.63, 3.8) is 0 Å². The van der Waals surface area contributed by atoms with Crippen LogP contribution in [0.5, 0.6) is 0 Å². The van der Waals surface area contributed by atoms with Crippen LogP contribution in [-0.2, 0) is 4.74 Å². The number of pyridine rings is 1. The lowest BCUT2D eigenvalue weighted by atomic mass is 9.90. The van der Waals surface area contributed by atoms with Gasteiger partial charge in [-0.1, -0.05) is 12.1 Å². The third-order valence-electron chi connectivity index (χ3n) is 6.91.